The average Bonchev–Trinajstić information content (AvgIpc) is 2.60. The minimum Gasteiger partial charge on any atom is -0.445 e. The van der Waals surface area contributed by atoms with Gasteiger partial charge in [-0.3, -0.25) is 9.59 Å². The van der Waals surface area contributed by atoms with Crippen LogP contribution in [0.3, 0.4) is 0 Å². The van der Waals surface area contributed by atoms with Gasteiger partial charge < -0.3 is 20.3 Å². The van der Waals surface area contributed by atoms with Crippen molar-refractivity contribution in [1.29, 1.82) is 0 Å². The second-order valence-corrected chi connectivity index (χ2v) is 5.22. The molecule has 24 heavy (non-hydrogen) atoms. The number of hydrogen-bond donors (Lipinski definition) is 2. The van der Waals surface area contributed by atoms with Crippen LogP contribution in [0.1, 0.15) is 26.3 Å². The molecule has 1 aromatic rings. The van der Waals surface area contributed by atoms with E-state index in [1.165, 1.54) is 0 Å². The van der Waals surface area contributed by atoms with E-state index in [2.05, 4.69) is 10.6 Å². The van der Waals surface area contributed by atoms with Crippen molar-refractivity contribution in [2.75, 3.05) is 19.6 Å². The molecule has 0 saturated heterocycles. The topological polar surface area (TPSA) is 87.7 Å². The fourth-order valence-corrected chi connectivity index (χ4v) is 2.09. The van der Waals surface area contributed by atoms with E-state index in [-0.39, 0.29) is 19.1 Å². The molecular formula is C17H25N3O4. The van der Waals surface area contributed by atoms with Crippen LogP contribution in [0.2, 0.25) is 0 Å². The van der Waals surface area contributed by atoms with Crippen molar-refractivity contribution >= 4 is 17.9 Å². The summed E-state index contributed by atoms with van der Waals surface area (Å²) in [6.07, 6.45) is -0.684. The Labute approximate surface area is 142 Å². The van der Waals surface area contributed by atoms with Crippen LogP contribution in [0.5, 0.6) is 0 Å². The number of benzene rings is 1. The van der Waals surface area contributed by atoms with Crippen molar-refractivity contribution < 1.29 is 19.1 Å². The maximum atomic E-state index is 12.0. The van der Waals surface area contributed by atoms with Crippen LogP contribution in [-0.2, 0) is 20.9 Å². The number of alkyl carbamates (subject to hydrolysis) is 1. The Hall–Kier alpha value is -2.57. The number of nitrogens with zero attached hydrogens (tertiary/aromatic N) is 1. The number of ether oxygens (including phenoxy) is 1. The lowest BCUT2D eigenvalue weighted by atomic mass is 10.2. The number of amides is 3. The molecule has 0 saturated carbocycles. The first-order chi connectivity index (χ1) is 11.5. The molecule has 2 N–H and O–H groups in total. The Morgan fingerprint density at radius 2 is 1.75 bits per heavy atom. The Kier molecular flexibility index (Phi) is 8.32. The van der Waals surface area contributed by atoms with Gasteiger partial charge in [0.25, 0.3) is 0 Å². The third-order valence-corrected chi connectivity index (χ3v) is 3.43. The molecule has 0 heterocycles. The first-order valence-electron chi connectivity index (χ1n) is 8.00. The van der Waals surface area contributed by atoms with Gasteiger partial charge in [-0.2, -0.15) is 0 Å². The quantitative estimate of drug-likeness (QED) is 0.749. The number of hydrogen-bond acceptors (Lipinski definition) is 4. The van der Waals surface area contributed by atoms with Gasteiger partial charge in [-0.1, -0.05) is 30.3 Å². The molecule has 1 atom stereocenters. The third kappa shape index (κ3) is 6.68. The zero-order valence-electron chi connectivity index (χ0n) is 14.4. The van der Waals surface area contributed by atoms with Crippen LogP contribution in [0.15, 0.2) is 30.3 Å². The van der Waals surface area contributed by atoms with Crippen LogP contribution < -0.4 is 10.6 Å². The minimum atomic E-state index is -0.684. The maximum absolute atomic E-state index is 12.0. The predicted octanol–water partition coefficient (Wildman–Crippen LogP) is 1.29. The van der Waals surface area contributed by atoms with Gasteiger partial charge in [-0.05, 0) is 26.3 Å². The molecule has 1 rings (SSSR count). The van der Waals surface area contributed by atoms with E-state index in [0.717, 1.165) is 5.56 Å². The molecular weight excluding hydrogens is 310 g/mol. The molecule has 1 aromatic carbocycles. The van der Waals surface area contributed by atoms with Crippen LogP contribution in [0.4, 0.5) is 4.79 Å². The predicted molar refractivity (Wildman–Crippen MR) is 90.2 cm³/mol. The van der Waals surface area contributed by atoms with E-state index in [9.17, 15) is 14.4 Å². The standard InChI is InChI=1S/C17H25N3O4/c1-4-20(5-2)16(22)13(3)19-15(21)11-18-17(23)24-12-14-9-7-6-8-10-14/h6-10,13H,4-5,11-12H2,1-3H3,(H,18,23)(H,19,21)/t13-/m1/s1. The monoisotopic (exact) mass is 335 g/mol. The highest BCUT2D eigenvalue weighted by molar-refractivity contribution is 5.89. The van der Waals surface area contributed by atoms with Crippen LogP contribution in [0, 0.1) is 0 Å². The van der Waals surface area contributed by atoms with Gasteiger partial charge in [0.05, 0.1) is 0 Å². The Morgan fingerprint density at radius 1 is 1.12 bits per heavy atom. The SMILES string of the molecule is CCN(CC)C(=O)[C@@H](C)NC(=O)CNC(=O)OCc1ccccc1. The van der Waals surface area contributed by atoms with Gasteiger partial charge in [0, 0.05) is 13.1 Å². The molecule has 0 fully saturated rings. The molecule has 0 aliphatic rings. The summed E-state index contributed by atoms with van der Waals surface area (Å²) < 4.78 is 5.00. The lowest BCUT2D eigenvalue weighted by Crippen LogP contribution is -2.49. The smallest absolute Gasteiger partial charge is 0.407 e. The van der Waals surface area contributed by atoms with E-state index >= 15 is 0 Å². The molecule has 0 aromatic heterocycles. The summed E-state index contributed by atoms with van der Waals surface area (Å²) in [7, 11) is 0. The lowest BCUT2D eigenvalue weighted by molar-refractivity contribution is -0.135. The van der Waals surface area contributed by atoms with E-state index < -0.39 is 18.0 Å². The lowest BCUT2D eigenvalue weighted by Gasteiger charge is -2.23. The van der Waals surface area contributed by atoms with Gasteiger partial charge in [0.15, 0.2) is 0 Å². The van der Waals surface area contributed by atoms with Crippen LogP contribution in [-0.4, -0.2) is 48.5 Å². The summed E-state index contributed by atoms with van der Waals surface area (Å²) in [5.74, 6) is -0.598. The van der Waals surface area contributed by atoms with Crippen molar-refractivity contribution in [3.05, 3.63) is 35.9 Å². The van der Waals surface area contributed by atoms with Crippen molar-refractivity contribution in [3.63, 3.8) is 0 Å². The molecule has 132 valence electrons. The molecule has 7 heteroatoms. The van der Waals surface area contributed by atoms with E-state index in [4.69, 9.17) is 4.74 Å². The van der Waals surface area contributed by atoms with E-state index in [1.807, 2.05) is 44.2 Å². The first-order valence-corrected chi connectivity index (χ1v) is 8.00. The van der Waals surface area contributed by atoms with E-state index in [0.29, 0.717) is 13.1 Å². The van der Waals surface area contributed by atoms with Crippen molar-refractivity contribution in [2.24, 2.45) is 0 Å². The van der Waals surface area contributed by atoms with Gasteiger partial charge in [-0.15, -0.1) is 0 Å². The van der Waals surface area contributed by atoms with Crippen LogP contribution >= 0.6 is 0 Å². The number of nitrogens with one attached hydrogen (secondary N) is 2. The minimum absolute atomic E-state index is 0.130. The largest absolute Gasteiger partial charge is 0.445 e. The Morgan fingerprint density at radius 3 is 2.33 bits per heavy atom. The zero-order valence-corrected chi connectivity index (χ0v) is 14.4. The normalized spacial score (nSPS) is 11.3. The molecule has 3 amide bonds. The highest BCUT2D eigenvalue weighted by Gasteiger charge is 2.20. The highest BCUT2D eigenvalue weighted by atomic mass is 16.5. The fourth-order valence-electron chi connectivity index (χ4n) is 2.09. The average molecular weight is 335 g/mol. The van der Waals surface area contributed by atoms with Gasteiger partial charge in [-0.25, -0.2) is 4.79 Å². The van der Waals surface area contributed by atoms with Crippen molar-refractivity contribution in [3.8, 4) is 0 Å². The maximum Gasteiger partial charge on any atom is 0.407 e. The number of carbonyl (C=O) groups excluding carboxylic acids is 3. The number of likely N-dealkylation sites (N-methyl/N-ethyl adjacent to an activating group) is 1. The molecule has 0 aliphatic heterocycles. The van der Waals surface area contributed by atoms with Gasteiger partial charge >= 0.3 is 6.09 Å². The second kappa shape index (κ2) is 10.3. The molecule has 0 spiro atoms. The first kappa shape index (κ1) is 19.5. The van der Waals surface area contributed by atoms with Crippen molar-refractivity contribution in [1.82, 2.24) is 15.5 Å². The molecule has 0 aliphatic carbocycles. The third-order valence-electron chi connectivity index (χ3n) is 3.43. The summed E-state index contributed by atoms with van der Waals surface area (Å²) >= 11 is 0. The number of carbonyl (C=O) groups is 3. The molecule has 0 radical (unpaired) electrons. The Bertz CT molecular complexity index is 544. The summed E-state index contributed by atoms with van der Waals surface area (Å²) in [5.41, 5.74) is 0.857. The van der Waals surface area contributed by atoms with Gasteiger partial charge in [0.1, 0.15) is 19.2 Å². The molecule has 0 unspecified atom stereocenters. The molecule has 0 bridgehead atoms. The van der Waals surface area contributed by atoms with Crippen molar-refractivity contribution in [2.45, 2.75) is 33.4 Å². The summed E-state index contributed by atoms with van der Waals surface area (Å²) in [5, 5.41) is 4.91. The molecule has 7 nitrogen and oxygen atoms in total. The Balaban J connectivity index is 2.29. The second-order valence-electron chi connectivity index (χ2n) is 5.22. The zero-order chi connectivity index (χ0) is 17.9. The van der Waals surface area contributed by atoms with Gasteiger partial charge in [0.2, 0.25) is 11.8 Å². The number of rotatable bonds is 8. The summed E-state index contributed by atoms with van der Waals surface area (Å²) in [6.45, 7) is 6.42. The van der Waals surface area contributed by atoms with E-state index in [1.54, 1.807) is 11.8 Å². The highest BCUT2D eigenvalue weighted by Crippen LogP contribution is 2.00. The summed E-state index contributed by atoms with van der Waals surface area (Å²) in [6, 6.07) is 8.59. The fraction of sp³-hybridized carbons (Fsp3) is 0.471. The summed E-state index contributed by atoms with van der Waals surface area (Å²) in [4.78, 5) is 37.0. The van der Waals surface area contributed by atoms with Crippen LogP contribution in [0.25, 0.3) is 0 Å².